The molecule has 0 fully saturated rings. The third-order valence-corrected chi connectivity index (χ3v) is 3.52. The number of carbonyl (C=O) groups excluding carboxylic acids is 3. The number of amides is 2. The Hall–Kier alpha value is -3.03. The predicted molar refractivity (Wildman–Crippen MR) is 87.4 cm³/mol. The number of nitrogens with one attached hydrogen (secondary N) is 2. The quantitative estimate of drug-likeness (QED) is 0.672. The number of hydrogen-bond donors (Lipinski definition) is 3. The van der Waals surface area contributed by atoms with Crippen molar-refractivity contribution in [1.82, 2.24) is 10.6 Å². The van der Waals surface area contributed by atoms with E-state index in [-0.39, 0.29) is 36.7 Å². The third-order valence-electron chi connectivity index (χ3n) is 3.52. The number of hydrogen-bond acceptors (Lipinski definition) is 6. The van der Waals surface area contributed by atoms with Gasteiger partial charge in [0, 0.05) is 11.3 Å². The molecule has 0 bridgehead atoms. The largest absolute Gasteiger partial charge is 0.508 e. The Bertz CT molecular complexity index is 713. The van der Waals surface area contributed by atoms with Gasteiger partial charge in [0.05, 0.1) is 31.2 Å². The van der Waals surface area contributed by atoms with E-state index in [4.69, 9.17) is 9.47 Å². The Morgan fingerprint density at radius 2 is 1.84 bits per heavy atom. The van der Waals surface area contributed by atoms with Crippen LogP contribution >= 0.6 is 0 Å². The lowest BCUT2D eigenvalue weighted by atomic mass is 9.93. The van der Waals surface area contributed by atoms with Gasteiger partial charge in [0.15, 0.2) is 0 Å². The molecule has 0 saturated carbocycles. The highest BCUT2D eigenvalue weighted by molar-refractivity contribution is 5.96. The first-order chi connectivity index (χ1) is 12.0. The van der Waals surface area contributed by atoms with Crippen molar-refractivity contribution in [1.29, 1.82) is 0 Å². The van der Waals surface area contributed by atoms with Crippen LogP contribution in [-0.4, -0.2) is 36.3 Å². The smallest absolute Gasteiger partial charge is 0.338 e. The number of phenols is 1. The second-order valence-electron chi connectivity index (χ2n) is 5.18. The average Bonchev–Trinajstić information content (AvgIpc) is 2.55. The summed E-state index contributed by atoms with van der Waals surface area (Å²) >= 11 is 0. The highest BCUT2D eigenvalue weighted by Crippen LogP contribution is 2.33. The Labute approximate surface area is 144 Å². The molecule has 8 heteroatoms. The number of phenolic OH excluding ortho intramolecular Hbond substituents is 1. The van der Waals surface area contributed by atoms with Crippen LogP contribution in [-0.2, 0) is 19.1 Å². The number of carbonyl (C=O) groups is 3. The Kier molecular flexibility index (Phi) is 5.99. The fourth-order valence-electron chi connectivity index (χ4n) is 2.53. The van der Waals surface area contributed by atoms with Gasteiger partial charge in [-0.05, 0) is 19.9 Å². The van der Waals surface area contributed by atoms with E-state index < -0.39 is 24.0 Å². The first-order valence-corrected chi connectivity index (χ1v) is 7.89. The van der Waals surface area contributed by atoms with Gasteiger partial charge in [0.2, 0.25) is 0 Å². The van der Waals surface area contributed by atoms with Crippen molar-refractivity contribution in [3.8, 4) is 5.75 Å². The maximum absolute atomic E-state index is 12.4. The molecule has 1 aliphatic heterocycles. The summed E-state index contributed by atoms with van der Waals surface area (Å²) in [5.41, 5.74) is 0.465. The van der Waals surface area contributed by atoms with Crippen LogP contribution in [0.25, 0.3) is 0 Å². The van der Waals surface area contributed by atoms with Crippen molar-refractivity contribution in [2.45, 2.75) is 26.3 Å². The zero-order valence-corrected chi connectivity index (χ0v) is 14.0. The molecule has 1 aliphatic rings. The van der Waals surface area contributed by atoms with Crippen molar-refractivity contribution < 1.29 is 29.0 Å². The first kappa shape index (κ1) is 18.3. The van der Waals surface area contributed by atoms with Gasteiger partial charge in [-0.25, -0.2) is 9.59 Å². The van der Waals surface area contributed by atoms with E-state index in [2.05, 4.69) is 10.6 Å². The molecule has 1 unspecified atom stereocenters. The van der Waals surface area contributed by atoms with Crippen LogP contribution in [0.3, 0.4) is 0 Å². The van der Waals surface area contributed by atoms with Crippen molar-refractivity contribution in [2.24, 2.45) is 0 Å². The van der Waals surface area contributed by atoms with Gasteiger partial charge in [-0.15, -0.1) is 0 Å². The molecule has 25 heavy (non-hydrogen) atoms. The molecule has 134 valence electrons. The summed E-state index contributed by atoms with van der Waals surface area (Å²) in [6.45, 7) is 3.60. The first-order valence-electron chi connectivity index (χ1n) is 7.89. The molecule has 3 N–H and O–H groups in total. The second kappa shape index (κ2) is 8.18. The van der Waals surface area contributed by atoms with Crippen LogP contribution < -0.4 is 10.6 Å². The van der Waals surface area contributed by atoms with E-state index >= 15 is 0 Å². The molecule has 0 spiro atoms. The number of urea groups is 1. The van der Waals surface area contributed by atoms with Crippen LogP contribution in [0.2, 0.25) is 0 Å². The minimum absolute atomic E-state index is 0.0519. The number of rotatable bonds is 6. The van der Waals surface area contributed by atoms with Crippen LogP contribution in [0, 0.1) is 0 Å². The molecule has 2 amide bonds. The van der Waals surface area contributed by atoms with Gasteiger partial charge in [-0.2, -0.15) is 0 Å². The summed E-state index contributed by atoms with van der Waals surface area (Å²) in [5, 5.41) is 15.1. The van der Waals surface area contributed by atoms with E-state index in [1.807, 2.05) is 0 Å². The lowest BCUT2D eigenvalue weighted by molar-refractivity contribution is -0.142. The molecule has 0 saturated heterocycles. The fraction of sp³-hybridized carbons (Fsp3) is 0.353. The summed E-state index contributed by atoms with van der Waals surface area (Å²) in [6.07, 6.45) is -0.292. The Morgan fingerprint density at radius 1 is 1.16 bits per heavy atom. The lowest BCUT2D eigenvalue weighted by Gasteiger charge is -2.29. The highest BCUT2D eigenvalue weighted by atomic mass is 16.5. The molecule has 0 radical (unpaired) electrons. The summed E-state index contributed by atoms with van der Waals surface area (Å²) in [5.74, 6) is -1.37. The van der Waals surface area contributed by atoms with Crippen molar-refractivity contribution >= 4 is 18.0 Å². The molecule has 1 atom stereocenters. The van der Waals surface area contributed by atoms with Gasteiger partial charge < -0.3 is 25.2 Å². The van der Waals surface area contributed by atoms with Crippen LogP contribution in [0.15, 0.2) is 35.5 Å². The Morgan fingerprint density at radius 3 is 2.48 bits per heavy atom. The number of aromatic hydroxyl groups is 1. The van der Waals surface area contributed by atoms with E-state index in [1.54, 1.807) is 32.0 Å². The molecule has 8 nitrogen and oxygen atoms in total. The van der Waals surface area contributed by atoms with E-state index in [0.29, 0.717) is 5.56 Å². The van der Waals surface area contributed by atoms with Crippen molar-refractivity contribution in [3.63, 3.8) is 0 Å². The minimum atomic E-state index is -0.946. The maximum atomic E-state index is 12.4. The SMILES string of the molecule is CCOC(=O)CC1=C(C(=O)OCC)C(c2ccccc2O)NC(=O)N1. The minimum Gasteiger partial charge on any atom is -0.508 e. The van der Waals surface area contributed by atoms with Crippen LogP contribution in [0.5, 0.6) is 5.75 Å². The zero-order valence-electron chi connectivity index (χ0n) is 14.0. The maximum Gasteiger partial charge on any atom is 0.338 e. The zero-order chi connectivity index (χ0) is 18.4. The van der Waals surface area contributed by atoms with Gasteiger partial charge in [0.1, 0.15) is 5.75 Å². The van der Waals surface area contributed by atoms with Gasteiger partial charge in [-0.3, -0.25) is 4.79 Å². The highest BCUT2D eigenvalue weighted by Gasteiger charge is 2.35. The molecular weight excluding hydrogens is 328 g/mol. The third kappa shape index (κ3) is 4.28. The second-order valence-corrected chi connectivity index (χ2v) is 5.18. The molecule has 0 aromatic heterocycles. The fourth-order valence-corrected chi connectivity index (χ4v) is 2.53. The number of esters is 2. The van der Waals surface area contributed by atoms with Crippen molar-refractivity contribution in [3.05, 3.63) is 41.1 Å². The van der Waals surface area contributed by atoms with E-state index in [0.717, 1.165) is 0 Å². The lowest BCUT2D eigenvalue weighted by Crippen LogP contribution is -2.46. The summed E-state index contributed by atoms with van der Waals surface area (Å²) in [7, 11) is 0. The average molecular weight is 348 g/mol. The predicted octanol–water partition coefficient (Wildman–Crippen LogP) is 1.52. The van der Waals surface area contributed by atoms with Crippen molar-refractivity contribution in [2.75, 3.05) is 13.2 Å². The Balaban J connectivity index is 2.51. The number of benzene rings is 1. The van der Waals surface area contributed by atoms with E-state index in [1.165, 1.54) is 6.07 Å². The van der Waals surface area contributed by atoms with Gasteiger partial charge in [0.25, 0.3) is 0 Å². The normalized spacial score (nSPS) is 16.7. The monoisotopic (exact) mass is 348 g/mol. The number of ether oxygens (including phenoxy) is 2. The molecule has 1 aromatic carbocycles. The molecular formula is C17H20N2O6. The van der Waals surface area contributed by atoms with Crippen LogP contribution in [0.1, 0.15) is 31.9 Å². The molecule has 1 heterocycles. The van der Waals surface area contributed by atoms with Crippen LogP contribution in [0.4, 0.5) is 4.79 Å². The molecule has 0 aliphatic carbocycles. The molecule has 1 aromatic rings. The summed E-state index contributed by atoms with van der Waals surface area (Å²) in [4.78, 5) is 36.3. The molecule has 2 rings (SSSR count). The summed E-state index contributed by atoms with van der Waals surface area (Å²) < 4.78 is 9.94. The summed E-state index contributed by atoms with van der Waals surface area (Å²) in [6, 6.07) is 4.76. The topological polar surface area (TPSA) is 114 Å². The van der Waals surface area contributed by atoms with E-state index in [9.17, 15) is 19.5 Å². The van der Waals surface area contributed by atoms with Gasteiger partial charge >= 0.3 is 18.0 Å². The van der Waals surface area contributed by atoms with Gasteiger partial charge in [-0.1, -0.05) is 18.2 Å². The number of para-hydroxylation sites is 1. The standard InChI is InChI=1S/C17H20N2O6/c1-3-24-13(21)9-11-14(16(22)25-4-2)15(19-17(23)18-11)10-7-5-6-8-12(10)20/h5-8,15,20H,3-4,9H2,1-2H3,(H2,18,19,23).